The first-order valence-corrected chi connectivity index (χ1v) is 11.8. The Bertz CT molecular complexity index is 171. The Balaban J connectivity index is 4.64. The van der Waals surface area contributed by atoms with Gasteiger partial charge in [-0.3, -0.25) is 0 Å². The van der Waals surface area contributed by atoms with Crippen LogP contribution in [0.2, 0.25) is 4.44 Å². The molecule has 0 bridgehead atoms. The van der Waals surface area contributed by atoms with Crippen molar-refractivity contribution in [2.45, 2.75) is 10.9 Å². The molecule has 0 aromatic carbocycles. The van der Waals surface area contributed by atoms with E-state index in [1.54, 1.807) is 0 Å². The molecule has 0 aliphatic carbocycles. The summed E-state index contributed by atoms with van der Waals surface area (Å²) in [6.45, 7) is 1.19. The van der Waals surface area contributed by atoms with Crippen LogP contribution >= 0.6 is 0 Å². The summed E-state index contributed by atoms with van der Waals surface area (Å²) in [7, 11) is 17.8. The van der Waals surface area contributed by atoms with E-state index < -0.39 is 19.2 Å². The first-order chi connectivity index (χ1) is 7.25. The summed E-state index contributed by atoms with van der Waals surface area (Å²) in [5.74, 6) is 0. The van der Waals surface area contributed by atoms with Gasteiger partial charge in [-0.1, -0.05) is 0 Å². The molecule has 98 valence electrons. The third-order valence-corrected chi connectivity index (χ3v) is 18.5. The summed E-state index contributed by atoms with van der Waals surface area (Å²) in [5.41, 5.74) is 0. The molecule has 0 unspecified atom stereocenters. The maximum atomic E-state index is 2.50. The topological polar surface area (TPSA) is 13.0 Å². The molecule has 0 aromatic heterocycles. The Morgan fingerprint density at radius 2 is 1.06 bits per heavy atom. The fourth-order valence-electron chi connectivity index (χ4n) is 2.50. The van der Waals surface area contributed by atoms with E-state index in [-0.39, 0.29) is 0 Å². The standard InChI is InChI=1S/C5H12N.3C2H6N.Sn/c1-4-5-6(2)3;3*1-3-2;/h1,4-5H2,2-3H3;3*1-2H3;/q;3*-1;+3. The zero-order valence-electron chi connectivity index (χ0n) is 12.4. The zero-order valence-corrected chi connectivity index (χ0v) is 15.3. The number of nitrogens with zero attached hydrogens (tertiary/aromatic N) is 4. The molecule has 0 saturated heterocycles. The van der Waals surface area contributed by atoms with E-state index in [2.05, 4.69) is 70.6 Å². The van der Waals surface area contributed by atoms with Crippen LogP contribution in [0.1, 0.15) is 6.42 Å². The van der Waals surface area contributed by atoms with Gasteiger partial charge in [0, 0.05) is 0 Å². The number of hydrogen-bond acceptors (Lipinski definition) is 4. The third-order valence-electron chi connectivity index (χ3n) is 3.27. The summed E-state index contributed by atoms with van der Waals surface area (Å²) in [5, 5.41) is 0. The Labute approximate surface area is 107 Å². The second-order valence-electron chi connectivity index (χ2n) is 5.36. The Morgan fingerprint density at radius 1 is 0.688 bits per heavy atom. The Kier molecular flexibility index (Phi) is 7.44. The molecule has 0 spiro atoms. The predicted molar refractivity (Wildman–Crippen MR) is 74.8 cm³/mol. The Hall–Kier alpha value is 0.639. The van der Waals surface area contributed by atoms with Crippen molar-refractivity contribution in [1.82, 2.24) is 14.3 Å². The van der Waals surface area contributed by atoms with Gasteiger partial charge in [-0.15, -0.1) is 0 Å². The second-order valence-corrected chi connectivity index (χ2v) is 18.9. The summed E-state index contributed by atoms with van der Waals surface area (Å²) >= 11 is -2.46. The van der Waals surface area contributed by atoms with Crippen molar-refractivity contribution in [3.05, 3.63) is 0 Å². The van der Waals surface area contributed by atoms with Gasteiger partial charge < -0.3 is 0 Å². The van der Waals surface area contributed by atoms with E-state index in [9.17, 15) is 0 Å². The van der Waals surface area contributed by atoms with Crippen LogP contribution in [-0.4, -0.2) is 96.4 Å². The first kappa shape index (κ1) is 16.6. The van der Waals surface area contributed by atoms with Gasteiger partial charge in [0.2, 0.25) is 0 Å². The molecule has 0 fully saturated rings. The Morgan fingerprint density at radius 3 is 1.31 bits per heavy atom. The summed E-state index contributed by atoms with van der Waals surface area (Å²) in [4.78, 5) is 2.28. The molecule has 16 heavy (non-hydrogen) atoms. The quantitative estimate of drug-likeness (QED) is 0.630. The molecule has 0 N–H and O–H groups in total. The van der Waals surface area contributed by atoms with Crippen LogP contribution in [0.4, 0.5) is 0 Å². The zero-order chi connectivity index (χ0) is 12.9. The predicted octanol–water partition coefficient (Wildman–Crippen LogP) is 0.562. The van der Waals surface area contributed by atoms with Crippen LogP contribution in [-0.2, 0) is 0 Å². The summed E-state index contributed by atoms with van der Waals surface area (Å²) in [6.07, 6.45) is 1.29. The van der Waals surface area contributed by atoms with Crippen molar-refractivity contribution in [3.63, 3.8) is 0 Å². The molecule has 4 nitrogen and oxygen atoms in total. The van der Waals surface area contributed by atoms with Gasteiger partial charge in [0.25, 0.3) is 0 Å². The van der Waals surface area contributed by atoms with E-state index in [1.807, 2.05) is 0 Å². The van der Waals surface area contributed by atoms with Gasteiger partial charge in [-0.25, -0.2) is 0 Å². The number of rotatable bonds is 7. The molecule has 0 amide bonds. The van der Waals surface area contributed by atoms with Crippen LogP contribution in [0.3, 0.4) is 0 Å². The van der Waals surface area contributed by atoms with E-state index in [0.717, 1.165) is 0 Å². The molecule has 0 aliphatic heterocycles. The molecule has 0 heterocycles. The molecule has 0 radical (unpaired) electrons. The molecule has 5 heteroatoms. The normalized spacial score (nSPS) is 13.5. The fourth-order valence-corrected chi connectivity index (χ4v) is 15.0. The van der Waals surface area contributed by atoms with Crippen LogP contribution in [0.25, 0.3) is 0 Å². The van der Waals surface area contributed by atoms with Gasteiger partial charge >= 0.3 is 107 Å². The van der Waals surface area contributed by atoms with E-state index in [0.29, 0.717) is 0 Å². The molecular weight excluding hydrogens is 307 g/mol. The monoisotopic (exact) mass is 338 g/mol. The number of hydrogen-bond donors (Lipinski definition) is 0. The average molecular weight is 337 g/mol. The van der Waals surface area contributed by atoms with Crippen LogP contribution in [0, 0.1) is 0 Å². The van der Waals surface area contributed by atoms with Crippen LogP contribution < -0.4 is 0 Å². The van der Waals surface area contributed by atoms with Gasteiger partial charge in [0.15, 0.2) is 0 Å². The molecule has 0 saturated carbocycles. The average Bonchev–Trinajstić information content (AvgIpc) is 2.09. The van der Waals surface area contributed by atoms with Crippen molar-refractivity contribution >= 4 is 19.2 Å². The first-order valence-electron chi connectivity index (χ1n) is 5.92. The molecule has 0 rings (SSSR count). The second kappa shape index (κ2) is 7.16. The fraction of sp³-hybridized carbons (Fsp3) is 1.00. The van der Waals surface area contributed by atoms with Crippen LogP contribution in [0.5, 0.6) is 0 Å². The molecule has 0 atom stereocenters. The van der Waals surface area contributed by atoms with E-state index in [4.69, 9.17) is 0 Å². The van der Waals surface area contributed by atoms with Crippen molar-refractivity contribution in [3.8, 4) is 0 Å². The van der Waals surface area contributed by atoms with Crippen molar-refractivity contribution in [2.24, 2.45) is 0 Å². The van der Waals surface area contributed by atoms with Gasteiger partial charge in [0.1, 0.15) is 0 Å². The van der Waals surface area contributed by atoms with Gasteiger partial charge in [-0.05, 0) is 0 Å². The minimum absolute atomic E-state index is 1.19. The van der Waals surface area contributed by atoms with Crippen molar-refractivity contribution in [2.75, 3.05) is 62.9 Å². The molecular formula is C11H30N4Sn. The van der Waals surface area contributed by atoms with Crippen molar-refractivity contribution < 1.29 is 0 Å². The maximum absolute atomic E-state index is 2.50. The summed E-state index contributed by atoms with van der Waals surface area (Å²) in [6, 6.07) is 0. The van der Waals surface area contributed by atoms with Crippen LogP contribution in [0.15, 0.2) is 0 Å². The van der Waals surface area contributed by atoms with Gasteiger partial charge in [-0.2, -0.15) is 0 Å². The SMILES string of the molecule is CN(C)CC[CH2][Sn]([N](C)C)([N](C)C)[N](C)C. The van der Waals surface area contributed by atoms with Gasteiger partial charge in [0.05, 0.1) is 0 Å². The van der Waals surface area contributed by atoms with E-state index >= 15 is 0 Å². The molecule has 0 aromatic rings. The minimum atomic E-state index is -2.46. The summed E-state index contributed by atoms with van der Waals surface area (Å²) < 4.78 is 8.86. The van der Waals surface area contributed by atoms with Crippen molar-refractivity contribution in [1.29, 1.82) is 0 Å². The van der Waals surface area contributed by atoms with E-state index in [1.165, 1.54) is 17.4 Å². The third kappa shape index (κ3) is 4.14. The molecule has 0 aliphatic rings.